The van der Waals surface area contributed by atoms with E-state index in [1.807, 2.05) is 11.8 Å². The lowest BCUT2D eigenvalue weighted by Crippen LogP contribution is -2.27. The molecule has 0 amide bonds. The summed E-state index contributed by atoms with van der Waals surface area (Å²) in [7, 11) is 2.09. The first-order chi connectivity index (χ1) is 6.31. The summed E-state index contributed by atoms with van der Waals surface area (Å²) >= 11 is 1.90. The van der Waals surface area contributed by atoms with Crippen LogP contribution in [-0.4, -0.2) is 50.5 Å². The molecule has 0 radical (unpaired) electrons. The summed E-state index contributed by atoms with van der Waals surface area (Å²) < 4.78 is 5.37. The molecular weight excluding hydrogens is 184 g/mol. The fourth-order valence-electron chi connectivity index (χ4n) is 0.919. The molecule has 0 aromatic carbocycles. The van der Waals surface area contributed by atoms with Crippen molar-refractivity contribution in [3.8, 4) is 0 Å². The van der Waals surface area contributed by atoms with Crippen molar-refractivity contribution in [3.63, 3.8) is 0 Å². The maximum atomic E-state index is 5.37. The van der Waals surface area contributed by atoms with Crippen LogP contribution < -0.4 is 5.32 Å². The van der Waals surface area contributed by atoms with Crippen LogP contribution in [0.15, 0.2) is 0 Å². The van der Waals surface area contributed by atoms with E-state index in [0.717, 1.165) is 19.8 Å². The lowest BCUT2D eigenvalue weighted by Gasteiger charge is -2.16. The molecule has 0 unspecified atom stereocenters. The Morgan fingerprint density at radius 1 is 1.46 bits per heavy atom. The second-order valence-electron chi connectivity index (χ2n) is 3.01. The molecule has 1 N–H and O–H groups in total. The van der Waals surface area contributed by atoms with Crippen molar-refractivity contribution >= 4 is 11.8 Å². The number of rotatable bonds is 9. The average Bonchev–Trinajstić information content (AvgIpc) is 2.13. The molecule has 0 aromatic heterocycles. The van der Waals surface area contributed by atoms with Gasteiger partial charge in [0.1, 0.15) is 6.73 Å². The number of ether oxygens (including phenoxy) is 1. The van der Waals surface area contributed by atoms with Crippen molar-refractivity contribution in [1.29, 1.82) is 0 Å². The molecule has 0 aromatic rings. The van der Waals surface area contributed by atoms with Crippen LogP contribution in [0.3, 0.4) is 0 Å². The molecule has 0 saturated carbocycles. The smallest absolute Gasteiger partial charge is 0.101 e. The van der Waals surface area contributed by atoms with Gasteiger partial charge in [-0.15, -0.1) is 0 Å². The highest BCUT2D eigenvalue weighted by molar-refractivity contribution is 7.98. The van der Waals surface area contributed by atoms with Gasteiger partial charge in [-0.05, 0) is 32.0 Å². The number of nitrogens with one attached hydrogen (secondary N) is 1. The van der Waals surface area contributed by atoms with Gasteiger partial charge in [-0.25, -0.2) is 0 Å². The summed E-state index contributed by atoms with van der Waals surface area (Å²) in [5, 5.41) is 3.12. The summed E-state index contributed by atoms with van der Waals surface area (Å²) in [5.74, 6) is 1.23. The lowest BCUT2D eigenvalue weighted by molar-refractivity contribution is 0.0335. The van der Waals surface area contributed by atoms with Crippen LogP contribution in [0.4, 0.5) is 0 Å². The van der Waals surface area contributed by atoms with Crippen LogP contribution in [0, 0.1) is 0 Å². The highest BCUT2D eigenvalue weighted by Crippen LogP contribution is 1.96. The van der Waals surface area contributed by atoms with Crippen molar-refractivity contribution in [2.45, 2.75) is 13.3 Å². The Bertz CT molecular complexity index is 104. The summed E-state index contributed by atoms with van der Waals surface area (Å²) in [5.41, 5.74) is 0. The zero-order valence-electron chi connectivity index (χ0n) is 9.01. The molecule has 0 heterocycles. The molecule has 0 saturated heterocycles. The number of nitrogens with zero attached hydrogens (tertiary/aromatic N) is 1. The molecule has 13 heavy (non-hydrogen) atoms. The average molecular weight is 206 g/mol. The van der Waals surface area contributed by atoms with E-state index in [1.165, 1.54) is 12.2 Å². The zero-order valence-corrected chi connectivity index (χ0v) is 9.82. The Morgan fingerprint density at radius 2 is 2.23 bits per heavy atom. The van der Waals surface area contributed by atoms with Gasteiger partial charge in [0.25, 0.3) is 0 Å². The fraction of sp³-hybridized carbons (Fsp3) is 1.00. The van der Waals surface area contributed by atoms with Crippen molar-refractivity contribution in [2.75, 3.05) is 45.6 Å². The SMILES string of the molecule is CCNCOCN(C)CCCSC. The number of hydrogen-bond acceptors (Lipinski definition) is 4. The normalized spacial score (nSPS) is 11.1. The first-order valence-electron chi connectivity index (χ1n) is 4.77. The molecule has 4 heteroatoms. The van der Waals surface area contributed by atoms with Crippen molar-refractivity contribution in [2.24, 2.45) is 0 Å². The van der Waals surface area contributed by atoms with Crippen molar-refractivity contribution < 1.29 is 4.74 Å². The predicted octanol–water partition coefficient (Wildman–Crippen LogP) is 1.21. The van der Waals surface area contributed by atoms with Crippen LogP contribution in [-0.2, 0) is 4.74 Å². The van der Waals surface area contributed by atoms with E-state index >= 15 is 0 Å². The van der Waals surface area contributed by atoms with Gasteiger partial charge in [-0.1, -0.05) is 6.92 Å². The third kappa shape index (κ3) is 10.1. The van der Waals surface area contributed by atoms with Gasteiger partial charge >= 0.3 is 0 Å². The summed E-state index contributed by atoms with van der Waals surface area (Å²) in [6, 6.07) is 0. The summed E-state index contributed by atoms with van der Waals surface area (Å²) in [6.45, 7) is 5.54. The molecule has 0 bridgehead atoms. The Labute approximate surface area is 86.2 Å². The largest absolute Gasteiger partial charge is 0.351 e. The maximum absolute atomic E-state index is 5.37. The van der Waals surface area contributed by atoms with Gasteiger partial charge in [-0.2, -0.15) is 11.8 Å². The lowest BCUT2D eigenvalue weighted by atomic mass is 10.4. The van der Waals surface area contributed by atoms with Crippen molar-refractivity contribution in [3.05, 3.63) is 0 Å². The molecule has 0 fully saturated rings. The number of thioether (sulfide) groups is 1. The van der Waals surface area contributed by atoms with Gasteiger partial charge in [-0.3, -0.25) is 10.2 Å². The fourth-order valence-corrected chi connectivity index (χ4v) is 1.34. The molecular formula is C9H22N2OS. The maximum Gasteiger partial charge on any atom is 0.101 e. The monoisotopic (exact) mass is 206 g/mol. The molecule has 0 spiro atoms. The summed E-state index contributed by atoms with van der Waals surface area (Å²) in [6.07, 6.45) is 3.38. The molecule has 0 atom stereocenters. The number of hydrogen-bond donors (Lipinski definition) is 1. The van der Waals surface area contributed by atoms with E-state index in [9.17, 15) is 0 Å². The standard InChI is InChI=1S/C9H22N2OS/c1-4-10-8-12-9-11(2)6-5-7-13-3/h10H,4-9H2,1-3H3. The van der Waals surface area contributed by atoms with Crippen LogP contribution >= 0.6 is 11.8 Å². The molecule has 0 aliphatic rings. The Morgan fingerprint density at radius 3 is 2.85 bits per heavy atom. The molecule has 0 aliphatic heterocycles. The highest BCUT2D eigenvalue weighted by Gasteiger charge is 1.96. The summed E-state index contributed by atoms with van der Waals surface area (Å²) in [4.78, 5) is 2.20. The topological polar surface area (TPSA) is 24.5 Å². The first-order valence-corrected chi connectivity index (χ1v) is 6.16. The Kier molecular flexibility index (Phi) is 10.5. The molecule has 3 nitrogen and oxygen atoms in total. The van der Waals surface area contributed by atoms with Gasteiger partial charge in [0.15, 0.2) is 0 Å². The van der Waals surface area contributed by atoms with Crippen LogP contribution in [0.2, 0.25) is 0 Å². The molecule has 0 aliphatic carbocycles. The first kappa shape index (κ1) is 13.2. The minimum absolute atomic E-state index is 0.656. The second-order valence-corrected chi connectivity index (χ2v) is 3.99. The van der Waals surface area contributed by atoms with Gasteiger partial charge in [0, 0.05) is 6.54 Å². The third-order valence-electron chi connectivity index (χ3n) is 1.65. The minimum atomic E-state index is 0.656. The second kappa shape index (κ2) is 10.3. The zero-order chi connectivity index (χ0) is 9.94. The van der Waals surface area contributed by atoms with E-state index in [-0.39, 0.29) is 0 Å². The third-order valence-corrected chi connectivity index (χ3v) is 2.35. The minimum Gasteiger partial charge on any atom is -0.351 e. The van der Waals surface area contributed by atoms with Crippen LogP contribution in [0.5, 0.6) is 0 Å². The quantitative estimate of drug-likeness (QED) is 0.453. The predicted molar refractivity (Wildman–Crippen MR) is 60.1 cm³/mol. The van der Waals surface area contributed by atoms with E-state index < -0.39 is 0 Å². The van der Waals surface area contributed by atoms with Gasteiger partial charge < -0.3 is 4.74 Å². The van der Waals surface area contributed by atoms with E-state index in [2.05, 4.69) is 30.4 Å². The van der Waals surface area contributed by atoms with E-state index in [0.29, 0.717) is 6.73 Å². The van der Waals surface area contributed by atoms with Gasteiger partial charge in [0.05, 0.1) is 6.73 Å². The molecule has 0 rings (SSSR count). The van der Waals surface area contributed by atoms with Gasteiger partial charge in [0.2, 0.25) is 0 Å². The van der Waals surface area contributed by atoms with E-state index in [1.54, 1.807) is 0 Å². The highest BCUT2D eigenvalue weighted by atomic mass is 32.2. The van der Waals surface area contributed by atoms with Crippen molar-refractivity contribution in [1.82, 2.24) is 10.2 Å². The Balaban J connectivity index is 3.05. The van der Waals surface area contributed by atoms with Crippen LogP contribution in [0.1, 0.15) is 13.3 Å². The van der Waals surface area contributed by atoms with Crippen LogP contribution in [0.25, 0.3) is 0 Å². The Hall–Kier alpha value is 0.230. The molecule has 80 valence electrons. The van der Waals surface area contributed by atoms with E-state index in [4.69, 9.17) is 4.74 Å².